The molecule has 0 saturated carbocycles. The van der Waals surface area contributed by atoms with Crippen molar-refractivity contribution in [1.82, 2.24) is 4.98 Å². The second-order valence-corrected chi connectivity index (χ2v) is 2.75. The highest BCUT2D eigenvalue weighted by Gasteiger charge is 2.08. The maximum absolute atomic E-state index is 11.1. The molecule has 1 heterocycles. The van der Waals surface area contributed by atoms with Gasteiger partial charge in [0.05, 0.1) is 18.4 Å². The molecule has 2 N–H and O–H groups in total. The lowest BCUT2D eigenvalue weighted by molar-refractivity contribution is 0.0600. The fourth-order valence-corrected chi connectivity index (χ4v) is 1.12. The maximum Gasteiger partial charge on any atom is 0.338 e. The van der Waals surface area contributed by atoms with Crippen molar-refractivity contribution in [1.29, 1.82) is 0 Å². The van der Waals surface area contributed by atoms with E-state index in [0.29, 0.717) is 11.3 Å². The molecular weight excluding hydrogens is 227 g/mol. The summed E-state index contributed by atoms with van der Waals surface area (Å²) >= 11 is 5.66. The Morgan fingerprint density at radius 3 is 2.79 bits per heavy atom. The van der Waals surface area contributed by atoms with Gasteiger partial charge in [-0.25, -0.2) is 9.78 Å². The van der Waals surface area contributed by atoms with E-state index in [9.17, 15) is 4.79 Å². The van der Waals surface area contributed by atoms with E-state index in [1.807, 2.05) is 0 Å². The fraction of sp³-hybridized carbons (Fsp3) is 0.250. The maximum atomic E-state index is 11.1. The largest absolute Gasteiger partial charge is 0.465 e. The molecule has 0 bridgehead atoms. The number of nitrogens with two attached hydrogens (primary N) is 1. The van der Waals surface area contributed by atoms with Crippen LogP contribution < -0.4 is 5.73 Å². The molecule has 1 rings (SSSR count). The standard InChI is InChI=1S/C8H9ClN2O2.ClH/c1-13-8(12)5-2-6(4-10)11-7(9)3-5;/h2-3H,4,10H2,1H3;1H. The third-order valence-electron chi connectivity index (χ3n) is 1.48. The van der Waals surface area contributed by atoms with Gasteiger partial charge in [0, 0.05) is 6.54 Å². The van der Waals surface area contributed by atoms with Gasteiger partial charge in [0.2, 0.25) is 0 Å². The lowest BCUT2D eigenvalue weighted by atomic mass is 10.2. The van der Waals surface area contributed by atoms with E-state index in [4.69, 9.17) is 17.3 Å². The van der Waals surface area contributed by atoms with Gasteiger partial charge in [0.25, 0.3) is 0 Å². The summed E-state index contributed by atoms with van der Waals surface area (Å²) in [5.74, 6) is -0.445. The summed E-state index contributed by atoms with van der Waals surface area (Å²) in [7, 11) is 1.30. The molecule has 6 heteroatoms. The van der Waals surface area contributed by atoms with Crippen molar-refractivity contribution in [3.8, 4) is 0 Å². The van der Waals surface area contributed by atoms with Gasteiger partial charge in [-0.15, -0.1) is 12.4 Å². The molecule has 0 aliphatic carbocycles. The van der Waals surface area contributed by atoms with Gasteiger partial charge in [-0.3, -0.25) is 0 Å². The van der Waals surface area contributed by atoms with Crippen LogP contribution in [-0.4, -0.2) is 18.1 Å². The third kappa shape index (κ3) is 3.14. The molecule has 78 valence electrons. The lowest BCUT2D eigenvalue weighted by Gasteiger charge is -2.02. The van der Waals surface area contributed by atoms with E-state index in [2.05, 4.69) is 9.72 Å². The van der Waals surface area contributed by atoms with E-state index in [1.54, 1.807) is 6.07 Å². The Kier molecular flexibility index (Phi) is 5.45. The number of hydrogen-bond acceptors (Lipinski definition) is 4. The van der Waals surface area contributed by atoms with E-state index in [-0.39, 0.29) is 24.1 Å². The molecule has 14 heavy (non-hydrogen) atoms. The van der Waals surface area contributed by atoms with E-state index in [1.165, 1.54) is 13.2 Å². The van der Waals surface area contributed by atoms with Crippen LogP contribution in [0.25, 0.3) is 0 Å². The van der Waals surface area contributed by atoms with Crippen LogP contribution in [0.15, 0.2) is 12.1 Å². The first-order valence-corrected chi connectivity index (χ1v) is 4.00. The molecule has 0 amide bonds. The minimum atomic E-state index is -0.445. The average molecular weight is 237 g/mol. The van der Waals surface area contributed by atoms with Crippen molar-refractivity contribution in [2.24, 2.45) is 5.73 Å². The predicted octanol–water partition coefficient (Wildman–Crippen LogP) is 1.40. The Labute approximate surface area is 92.8 Å². The Morgan fingerprint density at radius 1 is 1.64 bits per heavy atom. The van der Waals surface area contributed by atoms with Crippen LogP contribution in [0.1, 0.15) is 16.1 Å². The highest BCUT2D eigenvalue weighted by atomic mass is 35.5. The van der Waals surface area contributed by atoms with Crippen LogP contribution >= 0.6 is 24.0 Å². The highest BCUT2D eigenvalue weighted by Crippen LogP contribution is 2.11. The van der Waals surface area contributed by atoms with Crippen molar-refractivity contribution in [3.05, 3.63) is 28.5 Å². The van der Waals surface area contributed by atoms with Crippen LogP contribution in [0.5, 0.6) is 0 Å². The first-order valence-electron chi connectivity index (χ1n) is 3.62. The topological polar surface area (TPSA) is 65.2 Å². The normalized spacial score (nSPS) is 9.07. The molecule has 1 aromatic heterocycles. The predicted molar refractivity (Wildman–Crippen MR) is 55.7 cm³/mol. The molecule has 1 aromatic rings. The summed E-state index contributed by atoms with van der Waals surface area (Å²) < 4.78 is 4.52. The summed E-state index contributed by atoms with van der Waals surface area (Å²) in [5, 5.41) is 0.239. The Bertz CT molecular complexity index is 331. The molecule has 0 atom stereocenters. The van der Waals surface area contributed by atoms with Crippen molar-refractivity contribution in [3.63, 3.8) is 0 Å². The zero-order chi connectivity index (χ0) is 9.84. The zero-order valence-corrected chi connectivity index (χ0v) is 9.06. The smallest absolute Gasteiger partial charge is 0.338 e. The summed E-state index contributed by atoms with van der Waals surface area (Å²) in [5.41, 5.74) is 6.28. The van der Waals surface area contributed by atoms with E-state index in [0.717, 1.165) is 0 Å². The van der Waals surface area contributed by atoms with Gasteiger partial charge in [-0.2, -0.15) is 0 Å². The Balaban J connectivity index is 0.00000169. The first kappa shape index (κ1) is 13.2. The monoisotopic (exact) mass is 236 g/mol. The van der Waals surface area contributed by atoms with Crippen LogP contribution in [0.2, 0.25) is 5.15 Å². The van der Waals surface area contributed by atoms with Crippen LogP contribution in [0.3, 0.4) is 0 Å². The van der Waals surface area contributed by atoms with Gasteiger partial charge in [-0.1, -0.05) is 11.6 Å². The number of hydrogen-bond donors (Lipinski definition) is 1. The molecule has 0 aromatic carbocycles. The molecule has 0 saturated heterocycles. The Hall–Kier alpha value is -0.840. The molecule has 4 nitrogen and oxygen atoms in total. The third-order valence-corrected chi connectivity index (χ3v) is 1.67. The van der Waals surface area contributed by atoms with Crippen LogP contribution in [-0.2, 0) is 11.3 Å². The number of esters is 1. The summed E-state index contributed by atoms with van der Waals surface area (Å²) in [4.78, 5) is 15.0. The molecule has 0 fully saturated rings. The van der Waals surface area contributed by atoms with E-state index < -0.39 is 5.97 Å². The second kappa shape index (κ2) is 5.80. The van der Waals surface area contributed by atoms with Crippen molar-refractivity contribution in [2.75, 3.05) is 7.11 Å². The number of rotatable bonds is 2. The zero-order valence-electron chi connectivity index (χ0n) is 7.49. The van der Waals surface area contributed by atoms with Crippen molar-refractivity contribution in [2.45, 2.75) is 6.54 Å². The quantitative estimate of drug-likeness (QED) is 0.623. The Morgan fingerprint density at radius 2 is 2.29 bits per heavy atom. The minimum absolute atomic E-state index is 0. The van der Waals surface area contributed by atoms with Crippen LogP contribution in [0, 0.1) is 0 Å². The number of ether oxygens (including phenoxy) is 1. The lowest BCUT2D eigenvalue weighted by Crippen LogP contribution is -2.06. The van der Waals surface area contributed by atoms with Gasteiger partial charge < -0.3 is 10.5 Å². The molecule has 0 spiro atoms. The van der Waals surface area contributed by atoms with Crippen LogP contribution in [0.4, 0.5) is 0 Å². The summed E-state index contributed by atoms with van der Waals surface area (Å²) in [6, 6.07) is 2.99. The fourth-order valence-electron chi connectivity index (χ4n) is 0.891. The van der Waals surface area contributed by atoms with Gasteiger partial charge in [0.1, 0.15) is 5.15 Å². The molecule has 0 unspecified atom stereocenters. The summed E-state index contributed by atoms with van der Waals surface area (Å²) in [6.07, 6.45) is 0. The highest BCUT2D eigenvalue weighted by molar-refractivity contribution is 6.29. The number of pyridine rings is 1. The number of nitrogens with zero attached hydrogens (tertiary/aromatic N) is 1. The van der Waals surface area contributed by atoms with Crippen molar-refractivity contribution < 1.29 is 9.53 Å². The number of aromatic nitrogens is 1. The number of methoxy groups -OCH3 is 1. The second-order valence-electron chi connectivity index (χ2n) is 2.37. The SMILES string of the molecule is COC(=O)c1cc(Cl)nc(CN)c1.Cl. The molecule has 0 radical (unpaired) electrons. The van der Waals surface area contributed by atoms with Gasteiger partial charge in [0.15, 0.2) is 0 Å². The molecule has 0 aliphatic heterocycles. The number of carbonyl (C=O) groups is 1. The molecular formula is C8H10Cl2N2O2. The average Bonchev–Trinajstić information content (AvgIpc) is 2.15. The number of halogens is 2. The first-order chi connectivity index (χ1) is 6.17. The van der Waals surface area contributed by atoms with E-state index >= 15 is 0 Å². The summed E-state index contributed by atoms with van der Waals surface area (Å²) in [6.45, 7) is 0.241. The molecule has 0 aliphatic rings. The van der Waals surface area contributed by atoms with Gasteiger partial charge in [-0.05, 0) is 12.1 Å². The van der Waals surface area contributed by atoms with Gasteiger partial charge >= 0.3 is 5.97 Å². The number of carbonyl (C=O) groups excluding carboxylic acids is 1. The van der Waals surface area contributed by atoms with Crippen molar-refractivity contribution >= 4 is 30.0 Å². The minimum Gasteiger partial charge on any atom is -0.465 e.